The van der Waals surface area contributed by atoms with Crippen LogP contribution in [-0.4, -0.2) is 53.1 Å². The Morgan fingerprint density at radius 3 is 2.43 bits per heavy atom. The van der Waals surface area contributed by atoms with E-state index in [1.54, 1.807) is 4.90 Å². The standard InChI is InChI=1S/C16H30N2O3/c1-7-9-18(14(19)12(2)3)13-8-10-17(11-13)15(20)21-16(4,5)6/h12-13H,7-11H2,1-6H3/t13-/m0/s1. The van der Waals surface area contributed by atoms with Gasteiger partial charge in [-0.1, -0.05) is 20.8 Å². The first-order valence-corrected chi connectivity index (χ1v) is 7.94. The number of carbonyl (C=O) groups excluding carboxylic acids is 2. The first-order valence-electron chi connectivity index (χ1n) is 7.94. The SMILES string of the molecule is CCCN(C(=O)C(C)C)[C@H]1CCN(C(=O)OC(C)(C)C)C1. The molecule has 0 bridgehead atoms. The Balaban J connectivity index is 2.66. The van der Waals surface area contributed by atoms with Crippen LogP contribution in [0.2, 0.25) is 0 Å². The fraction of sp³-hybridized carbons (Fsp3) is 0.875. The van der Waals surface area contributed by atoms with E-state index in [0.717, 1.165) is 19.4 Å². The van der Waals surface area contributed by atoms with Crippen molar-refractivity contribution in [2.24, 2.45) is 5.92 Å². The molecule has 1 saturated heterocycles. The fourth-order valence-electron chi connectivity index (χ4n) is 2.53. The van der Waals surface area contributed by atoms with Crippen molar-refractivity contribution < 1.29 is 14.3 Å². The second-order valence-corrected chi connectivity index (χ2v) is 7.06. The summed E-state index contributed by atoms with van der Waals surface area (Å²) in [4.78, 5) is 28.1. The molecule has 122 valence electrons. The van der Waals surface area contributed by atoms with Crippen LogP contribution in [0.1, 0.15) is 54.4 Å². The van der Waals surface area contributed by atoms with E-state index < -0.39 is 5.60 Å². The molecule has 1 aliphatic heterocycles. The molecule has 1 atom stereocenters. The van der Waals surface area contributed by atoms with E-state index in [0.29, 0.717) is 13.1 Å². The molecule has 1 aliphatic rings. The summed E-state index contributed by atoms with van der Waals surface area (Å²) < 4.78 is 5.40. The summed E-state index contributed by atoms with van der Waals surface area (Å²) in [5.41, 5.74) is -0.480. The molecule has 0 radical (unpaired) electrons. The molecule has 5 heteroatoms. The fourth-order valence-corrected chi connectivity index (χ4v) is 2.53. The van der Waals surface area contributed by atoms with Gasteiger partial charge < -0.3 is 14.5 Å². The maximum atomic E-state index is 12.3. The van der Waals surface area contributed by atoms with Gasteiger partial charge in [-0.15, -0.1) is 0 Å². The zero-order valence-corrected chi connectivity index (χ0v) is 14.3. The van der Waals surface area contributed by atoms with Crippen LogP contribution < -0.4 is 0 Å². The highest BCUT2D eigenvalue weighted by Crippen LogP contribution is 2.20. The summed E-state index contributed by atoms with van der Waals surface area (Å²) in [6.45, 7) is 13.5. The molecular weight excluding hydrogens is 268 g/mol. The molecule has 0 aromatic rings. The summed E-state index contributed by atoms with van der Waals surface area (Å²) >= 11 is 0. The second kappa shape index (κ2) is 7.14. The van der Waals surface area contributed by atoms with Crippen LogP contribution >= 0.6 is 0 Å². The zero-order chi connectivity index (χ0) is 16.2. The molecule has 0 saturated carbocycles. The highest BCUT2D eigenvalue weighted by molar-refractivity contribution is 5.78. The van der Waals surface area contributed by atoms with Crippen LogP contribution in [0.25, 0.3) is 0 Å². The molecule has 0 aliphatic carbocycles. The van der Waals surface area contributed by atoms with Gasteiger partial charge in [-0.3, -0.25) is 4.79 Å². The molecule has 0 unspecified atom stereocenters. The Kier molecular flexibility index (Phi) is 6.05. The molecule has 0 N–H and O–H groups in total. The Bertz CT molecular complexity index is 374. The number of amides is 2. The molecule has 1 fully saturated rings. The summed E-state index contributed by atoms with van der Waals surface area (Å²) in [6.07, 6.45) is 1.48. The predicted octanol–water partition coefficient (Wildman–Crippen LogP) is 2.89. The van der Waals surface area contributed by atoms with Crippen molar-refractivity contribution in [3.8, 4) is 0 Å². The minimum Gasteiger partial charge on any atom is -0.444 e. The normalized spacial score (nSPS) is 19.0. The lowest BCUT2D eigenvalue weighted by molar-refractivity contribution is -0.136. The molecule has 1 rings (SSSR count). The van der Waals surface area contributed by atoms with Gasteiger partial charge in [0.25, 0.3) is 0 Å². The number of likely N-dealkylation sites (tertiary alicyclic amines) is 1. The lowest BCUT2D eigenvalue weighted by atomic mass is 10.1. The maximum Gasteiger partial charge on any atom is 0.410 e. The van der Waals surface area contributed by atoms with Gasteiger partial charge in [0, 0.05) is 25.6 Å². The van der Waals surface area contributed by atoms with Gasteiger partial charge in [-0.05, 0) is 33.6 Å². The molecule has 21 heavy (non-hydrogen) atoms. The third kappa shape index (κ3) is 5.21. The average Bonchev–Trinajstić information content (AvgIpc) is 2.82. The van der Waals surface area contributed by atoms with Gasteiger partial charge in [0.15, 0.2) is 0 Å². The summed E-state index contributed by atoms with van der Waals surface area (Å²) in [5, 5.41) is 0. The monoisotopic (exact) mass is 298 g/mol. The van der Waals surface area contributed by atoms with Gasteiger partial charge >= 0.3 is 6.09 Å². The summed E-state index contributed by atoms with van der Waals surface area (Å²) in [5.74, 6) is 0.167. The summed E-state index contributed by atoms with van der Waals surface area (Å²) in [7, 11) is 0. The van der Waals surface area contributed by atoms with E-state index in [1.165, 1.54) is 0 Å². The van der Waals surface area contributed by atoms with Crippen molar-refractivity contribution in [1.29, 1.82) is 0 Å². The van der Waals surface area contributed by atoms with Crippen LogP contribution in [-0.2, 0) is 9.53 Å². The van der Waals surface area contributed by atoms with E-state index >= 15 is 0 Å². The van der Waals surface area contributed by atoms with E-state index in [1.807, 2.05) is 39.5 Å². The quantitative estimate of drug-likeness (QED) is 0.802. The molecule has 1 heterocycles. The van der Waals surface area contributed by atoms with Crippen LogP contribution in [0.15, 0.2) is 0 Å². The topological polar surface area (TPSA) is 49.9 Å². The smallest absolute Gasteiger partial charge is 0.410 e. The minimum atomic E-state index is -0.480. The Morgan fingerprint density at radius 2 is 1.95 bits per heavy atom. The third-order valence-corrected chi connectivity index (χ3v) is 3.50. The largest absolute Gasteiger partial charge is 0.444 e. The van der Waals surface area contributed by atoms with Crippen molar-refractivity contribution in [1.82, 2.24) is 9.80 Å². The third-order valence-electron chi connectivity index (χ3n) is 3.50. The average molecular weight is 298 g/mol. The van der Waals surface area contributed by atoms with Gasteiger partial charge in [0.2, 0.25) is 5.91 Å². The lowest BCUT2D eigenvalue weighted by Gasteiger charge is -2.30. The highest BCUT2D eigenvalue weighted by Gasteiger charge is 2.34. The molecule has 5 nitrogen and oxygen atoms in total. The Morgan fingerprint density at radius 1 is 1.33 bits per heavy atom. The lowest BCUT2D eigenvalue weighted by Crippen LogP contribution is -2.45. The molecule has 0 spiro atoms. The number of nitrogens with zero attached hydrogens (tertiary/aromatic N) is 2. The highest BCUT2D eigenvalue weighted by atomic mass is 16.6. The molecule has 0 aromatic heterocycles. The van der Waals surface area contributed by atoms with Crippen LogP contribution in [0.5, 0.6) is 0 Å². The summed E-state index contributed by atoms with van der Waals surface area (Å²) in [6, 6.07) is 0.118. The van der Waals surface area contributed by atoms with Crippen LogP contribution in [0.3, 0.4) is 0 Å². The first kappa shape index (κ1) is 17.8. The van der Waals surface area contributed by atoms with E-state index in [9.17, 15) is 9.59 Å². The van der Waals surface area contributed by atoms with Crippen molar-refractivity contribution >= 4 is 12.0 Å². The van der Waals surface area contributed by atoms with Gasteiger partial charge in [0.05, 0.1) is 6.04 Å². The number of rotatable bonds is 4. The predicted molar refractivity (Wildman–Crippen MR) is 83.1 cm³/mol. The van der Waals surface area contributed by atoms with Gasteiger partial charge in [0.1, 0.15) is 5.60 Å². The van der Waals surface area contributed by atoms with Crippen molar-refractivity contribution in [2.45, 2.75) is 66.0 Å². The van der Waals surface area contributed by atoms with E-state index in [4.69, 9.17) is 4.74 Å². The van der Waals surface area contributed by atoms with Gasteiger partial charge in [-0.25, -0.2) is 4.79 Å². The maximum absolute atomic E-state index is 12.3. The zero-order valence-electron chi connectivity index (χ0n) is 14.3. The minimum absolute atomic E-state index is 0.00729. The van der Waals surface area contributed by atoms with Crippen molar-refractivity contribution in [3.63, 3.8) is 0 Å². The van der Waals surface area contributed by atoms with Gasteiger partial charge in [-0.2, -0.15) is 0 Å². The first-order chi connectivity index (χ1) is 9.65. The molecule has 0 aromatic carbocycles. The van der Waals surface area contributed by atoms with E-state index in [2.05, 4.69) is 6.92 Å². The van der Waals surface area contributed by atoms with Crippen molar-refractivity contribution in [3.05, 3.63) is 0 Å². The molecular formula is C16H30N2O3. The second-order valence-electron chi connectivity index (χ2n) is 7.06. The van der Waals surface area contributed by atoms with Crippen molar-refractivity contribution in [2.75, 3.05) is 19.6 Å². The molecule has 2 amide bonds. The number of hydrogen-bond acceptors (Lipinski definition) is 3. The van der Waals surface area contributed by atoms with E-state index in [-0.39, 0.29) is 24.0 Å². The number of hydrogen-bond donors (Lipinski definition) is 0. The van der Waals surface area contributed by atoms with Crippen LogP contribution in [0, 0.1) is 5.92 Å². The number of ether oxygens (including phenoxy) is 1. The van der Waals surface area contributed by atoms with Crippen LogP contribution in [0.4, 0.5) is 4.79 Å². The Labute approximate surface area is 128 Å². The number of carbonyl (C=O) groups is 2. The Hall–Kier alpha value is -1.26.